The van der Waals surface area contributed by atoms with E-state index < -0.39 is 20.6 Å². The third-order valence-electron chi connectivity index (χ3n) is 4.66. The third-order valence-corrected chi connectivity index (χ3v) is 6.61. The summed E-state index contributed by atoms with van der Waals surface area (Å²) in [6.07, 6.45) is 1.73. The number of nitrogens with zero attached hydrogens (tertiary/aromatic N) is 4. The van der Waals surface area contributed by atoms with Crippen LogP contribution >= 0.6 is 0 Å². The zero-order chi connectivity index (χ0) is 20.5. The second-order valence-corrected chi connectivity index (χ2v) is 9.68. The Morgan fingerprint density at radius 1 is 1.18 bits per heavy atom. The van der Waals surface area contributed by atoms with Crippen LogP contribution in [0.15, 0.2) is 39.8 Å². The molecule has 0 spiro atoms. The van der Waals surface area contributed by atoms with Gasteiger partial charge in [-0.1, -0.05) is 32.9 Å². The summed E-state index contributed by atoms with van der Waals surface area (Å²) < 4.78 is 32.8. The van der Waals surface area contributed by atoms with Gasteiger partial charge in [0.2, 0.25) is 15.9 Å². The molecule has 0 unspecified atom stereocenters. The lowest BCUT2D eigenvalue weighted by Gasteiger charge is -2.33. The van der Waals surface area contributed by atoms with Crippen LogP contribution in [0.25, 0.3) is 0 Å². The van der Waals surface area contributed by atoms with Crippen LogP contribution < -0.4 is 0 Å². The number of benzene rings is 1. The highest BCUT2D eigenvalue weighted by Gasteiger charge is 2.33. The molecule has 1 saturated heterocycles. The van der Waals surface area contributed by atoms with Crippen molar-refractivity contribution in [1.29, 1.82) is 0 Å². The minimum Gasteiger partial charge on any atom is -0.444 e. The van der Waals surface area contributed by atoms with Gasteiger partial charge in [-0.25, -0.2) is 13.4 Å². The van der Waals surface area contributed by atoms with Gasteiger partial charge in [-0.2, -0.15) is 4.31 Å². The lowest BCUT2D eigenvalue weighted by Crippen LogP contribution is -2.48. The van der Waals surface area contributed by atoms with E-state index in [1.165, 1.54) is 28.6 Å². The maximum atomic E-state index is 12.9. The number of piperazine rings is 1. The van der Waals surface area contributed by atoms with Gasteiger partial charge in [-0.15, -0.1) is 0 Å². The molecule has 0 saturated carbocycles. The van der Waals surface area contributed by atoms with Gasteiger partial charge in [0.05, 0.1) is 17.7 Å². The Balaban J connectivity index is 1.67. The summed E-state index contributed by atoms with van der Waals surface area (Å²) in [6, 6.07) is 5.43. The predicted molar refractivity (Wildman–Crippen MR) is 102 cm³/mol. The summed E-state index contributed by atoms with van der Waals surface area (Å²) in [4.78, 5) is 16.6. The molecule has 0 atom stereocenters. The molecule has 1 fully saturated rings. The summed E-state index contributed by atoms with van der Waals surface area (Å²) >= 11 is 0. The first-order valence-corrected chi connectivity index (χ1v) is 10.4. The molecule has 9 nitrogen and oxygen atoms in total. The molecular formula is C18H24N4O5S. The van der Waals surface area contributed by atoms with Crippen LogP contribution in [-0.4, -0.2) is 53.7 Å². The number of aromatic nitrogens is 1. The van der Waals surface area contributed by atoms with E-state index in [2.05, 4.69) is 9.88 Å². The summed E-state index contributed by atoms with van der Waals surface area (Å²) in [5.41, 5.74) is -0.526. The number of nitro benzene ring substituents is 1. The van der Waals surface area contributed by atoms with E-state index in [0.29, 0.717) is 25.5 Å². The zero-order valence-corrected chi connectivity index (χ0v) is 17.0. The third kappa shape index (κ3) is 4.23. The quantitative estimate of drug-likeness (QED) is 0.552. The number of hydrogen-bond donors (Lipinski definition) is 0. The Bertz CT molecular complexity index is 956. The topological polar surface area (TPSA) is 110 Å². The summed E-state index contributed by atoms with van der Waals surface area (Å²) in [6.45, 7) is 8.12. The number of sulfonamides is 1. The molecule has 1 aromatic heterocycles. The van der Waals surface area contributed by atoms with Crippen molar-refractivity contribution < 1.29 is 17.8 Å². The van der Waals surface area contributed by atoms with Crippen LogP contribution in [0, 0.1) is 10.1 Å². The van der Waals surface area contributed by atoms with Crippen LogP contribution in [0.2, 0.25) is 0 Å². The number of hydrogen-bond acceptors (Lipinski definition) is 7. The standard InChI is InChI=1S/C18H24N4O5S/c1-18(2,3)16-12-19-17(27-16)13-20-8-10-21(11-9-20)28(25,26)15-7-5-4-6-14(15)22(23)24/h4-7,12H,8-11,13H2,1-3H3. The highest BCUT2D eigenvalue weighted by atomic mass is 32.2. The molecule has 1 aromatic carbocycles. The fourth-order valence-corrected chi connectivity index (χ4v) is 4.59. The second kappa shape index (κ2) is 7.61. The number of rotatable bonds is 5. The van der Waals surface area contributed by atoms with E-state index in [-0.39, 0.29) is 23.4 Å². The van der Waals surface area contributed by atoms with Crippen molar-refractivity contribution in [1.82, 2.24) is 14.2 Å². The molecular weight excluding hydrogens is 384 g/mol. The smallest absolute Gasteiger partial charge is 0.289 e. The molecule has 3 rings (SSSR count). The molecule has 0 N–H and O–H groups in total. The molecule has 1 aliphatic rings. The monoisotopic (exact) mass is 408 g/mol. The van der Waals surface area contributed by atoms with Crippen LogP contribution in [-0.2, 0) is 22.0 Å². The van der Waals surface area contributed by atoms with Gasteiger partial charge in [0.15, 0.2) is 4.90 Å². The molecule has 10 heteroatoms. The van der Waals surface area contributed by atoms with E-state index in [4.69, 9.17) is 4.42 Å². The van der Waals surface area contributed by atoms with Crippen molar-refractivity contribution in [2.75, 3.05) is 26.2 Å². The summed E-state index contributed by atoms with van der Waals surface area (Å²) in [5, 5.41) is 11.2. The van der Waals surface area contributed by atoms with E-state index in [9.17, 15) is 18.5 Å². The average molecular weight is 408 g/mol. The normalized spacial score (nSPS) is 17.0. The lowest BCUT2D eigenvalue weighted by atomic mass is 9.94. The molecule has 2 heterocycles. The van der Waals surface area contributed by atoms with Crippen molar-refractivity contribution >= 4 is 15.7 Å². The minimum atomic E-state index is -3.92. The van der Waals surface area contributed by atoms with E-state index in [1.807, 2.05) is 20.8 Å². The van der Waals surface area contributed by atoms with Crippen LogP contribution in [0.3, 0.4) is 0 Å². The summed E-state index contributed by atoms with van der Waals surface area (Å²) in [7, 11) is -3.92. The Morgan fingerprint density at radius 3 is 2.39 bits per heavy atom. The van der Waals surface area contributed by atoms with Gasteiger partial charge in [0.25, 0.3) is 5.69 Å². The van der Waals surface area contributed by atoms with Gasteiger partial charge in [-0.3, -0.25) is 15.0 Å². The van der Waals surface area contributed by atoms with Crippen LogP contribution in [0.5, 0.6) is 0 Å². The van der Waals surface area contributed by atoms with Crippen molar-refractivity contribution in [3.8, 4) is 0 Å². The lowest BCUT2D eigenvalue weighted by molar-refractivity contribution is -0.387. The first kappa shape index (κ1) is 20.4. The fraction of sp³-hybridized carbons (Fsp3) is 0.500. The maximum absolute atomic E-state index is 12.9. The second-order valence-electron chi connectivity index (χ2n) is 7.77. The molecule has 0 bridgehead atoms. The molecule has 28 heavy (non-hydrogen) atoms. The van der Waals surface area contributed by atoms with E-state index in [0.717, 1.165) is 5.76 Å². The molecule has 0 radical (unpaired) electrons. The van der Waals surface area contributed by atoms with Gasteiger partial charge < -0.3 is 4.42 Å². The fourth-order valence-electron chi connectivity index (χ4n) is 3.01. The SMILES string of the molecule is CC(C)(C)c1cnc(CN2CCN(S(=O)(=O)c3ccccc3[N+](=O)[O-])CC2)o1. The van der Waals surface area contributed by atoms with Crippen molar-refractivity contribution in [3.05, 3.63) is 52.2 Å². The Labute approximate surface area is 164 Å². The number of nitro groups is 1. The Hall–Kier alpha value is -2.30. The van der Waals surface area contributed by atoms with Gasteiger partial charge in [0.1, 0.15) is 5.76 Å². The van der Waals surface area contributed by atoms with Crippen molar-refractivity contribution in [2.24, 2.45) is 0 Å². The van der Waals surface area contributed by atoms with Crippen LogP contribution in [0.1, 0.15) is 32.4 Å². The van der Waals surface area contributed by atoms with Crippen LogP contribution in [0.4, 0.5) is 5.69 Å². The highest BCUT2D eigenvalue weighted by Crippen LogP contribution is 2.27. The number of para-hydroxylation sites is 1. The predicted octanol–water partition coefficient (Wildman–Crippen LogP) is 2.39. The minimum absolute atomic E-state index is 0.123. The van der Waals surface area contributed by atoms with Gasteiger partial charge >= 0.3 is 0 Å². The zero-order valence-electron chi connectivity index (χ0n) is 16.2. The Morgan fingerprint density at radius 2 is 1.82 bits per heavy atom. The maximum Gasteiger partial charge on any atom is 0.289 e. The van der Waals surface area contributed by atoms with Gasteiger partial charge in [0, 0.05) is 37.7 Å². The van der Waals surface area contributed by atoms with E-state index >= 15 is 0 Å². The molecule has 152 valence electrons. The Kier molecular flexibility index (Phi) is 5.55. The average Bonchev–Trinajstić information content (AvgIpc) is 3.11. The molecule has 2 aromatic rings. The van der Waals surface area contributed by atoms with Crippen molar-refractivity contribution in [3.63, 3.8) is 0 Å². The first-order valence-electron chi connectivity index (χ1n) is 9.00. The number of oxazole rings is 1. The molecule has 0 aliphatic carbocycles. The molecule has 1 aliphatic heterocycles. The molecule has 0 amide bonds. The highest BCUT2D eigenvalue weighted by molar-refractivity contribution is 7.89. The largest absolute Gasteiger partial charge is 0.444 e. The first-order chi connectivity index (χ1) is 13.1. The van der Waals surface area contributed by atoms with Gasteiger partial charge in [-0.05, 0) is 6.07 Å². The van der Waals surface area contributed by atoms with Crippen molar-refractivity contribution in [2.45, 2.75) is 37.6 Å². The summed E-state index contributed by atoms with van der Waals surface area (Å²) in [5.74, 6) is 1.40. The van der Waals surface area contributed by atoms with E-state index in [1.54, 1.807) is 6.20 Å².